The van der Waals surface area contributed by atoms with Crippen molar-refractivity contribution in [1.82, 2.24) is 10.4 Å². The Kier molecular flexibility index (Phi) is 6.64. The summed E-state index contributed by atoms with van der Waals surface area (Å²) in [5.41, 5.74) is 8.43. The number of carbonyl (C=O) groups is 1. The van der Waals surface area contributed by atoms with Crippen molar-refractivity contribution in [3.63, 3.8) is 0 Å². The van der Waals surface area contributed by atoms with Crippen LogP contribution < -0.4 is 15.9 Å². The molecule has 1 heterocycles. The summed E-state index contributed by atoms with van der Waals surface area (Å²) in [5.74, 6) is -0.0913. The summed E-state index contributed by atoms with van der Waals surface area (Å²) < 4.78 is 5.49. The summed E-state index contributed by atoms with van der Waals surface area (Å²) in [4.78, 5) is 16.0. The summed E-state index contributed by atoms with van der Waals surface area (Å²) in [6.07, 6.45) is 3.04. The third-order valence-electron chi connectivity index (χ3n) is 2.93. The van der Waals surface area contributed by atoms with Gasteiger partial charge in [0, 0.05) is 5.56 Å². The lowest BCUT2D eigenvalue weighted by Crippen LogP contribution is -2.20. The van der Waals surface area contributed by atoms with Crippen LogP contribution in [-0.2, 0) is 0 Å². The molecule has 0 saturated carbocycles. The zero-order valence-electron chi connectivity index (χ0n) is 12.8. The number of ether oxygens (including phenoxy) is 1. The normalized spacial score (nSPS) is 10.7. The van der Waals surface area contributed by atoms with Crippen LogP contribution in [-0.4, -0.2) is 23.7 Å². The van der Waals surface area contributed by atoms with Gasteiger partial charge < -0.3 is 10.5 Å². The first-order valence-corrected chi connectivity index (χ1v) is 8.05. The van der Waals surface area contributed by atoms with Crippen molar-refractivity contribution in [2.45, 2.75) is 0 Å². The number of amides is 1. The maximum Gasteiger partial charge on any atom is 0.291 e. The Morgan fingerprint density at radius 2 is 2.04 bits per heavy atom. The molecule has 0 atom stereocenters. The minimum Gasteiger partial charge on any atom is -0.489 e. The molecule has 25 heavy (non-hydrogen) atoms. The van der Waals surface area contributed by atoms with Crippen LogP contribution in [0.25, 0.3) is 0 Å². The number of pyridine rings is 1. The smallest absolute Gasteiger partial charge is 0.291 e. The number of aromatic nitrogens is 1. The molecule has 130 valence electrons. The minimum absolute atomic E-state index is 0.0139. The first-order chi connectivity index (χ1) is 12.0. The van der Waals surface area contributed by atoms with E-state index in [0.717, 1.165) is 0 Å². The lowest BCUT2D eigenvalue weighted by atomic mass is 10.2. The van der Waals surface area contributed by atoms with Crippen molar-refractivity contribution in [3.8, 4) is 5.75 Å². The zero-order valence-corrected chi connectivity index (χ0v) is 15.1. The molecule has 0 aliphatic carbocycles. The van der Waals surface area contributed by atoms with Gasteiger partial charge >= 0.3 is 0 Å². The van der Waals surface area contributed by atoms with Crippen LogP contribution in [0.1, 0.15) is 16.1 Å². The average molecular weight is 400 g/mol. The average Bonchev–Trinajstić information content (AvgIpc) is 2.62. The number of benzene rings is 1. The number of hydrogen-bond donors (Lipinski definition) is 2. The highest BCUT2D eigenvalue weighted by Gasteiger charge is 2.19. The van der Waals surface area contributed by atoms with E-state index in [4.69, 9.17) is 45.3 Å². The standard InChI is InChI=1S/C16H13Cl3N4O2/c1-2-7-25-10-6-4-3-5-9(10)8-21-23-16(24)14-11(17)13(20)12(18)15(19)22-14/h2-6,8H,1,7H2,(H2,20,22)(H,23,24)/b21-8-. The van der Waals surface area contributed by atoms with Crippen LogP contribution >= 0.6 is 34.8 Å². The summed E-state index contributed by atoms with van der Waals surface area (Å²) >= 11 is 17.6. The van der Waals surface area contributed by atoms with Gasteiger partial charge in [-0.3, -0.25) is 4.79 Å². The van der Waals surface area contributed by atoms with E-state index < -0.39 is 5.91 Å². The highest BCUT2D eigenvalue weighted by molar-refractivity contribution is 6.46. The molecule has 9 heteroatoms. The third-order valence-corrected chi connectivity index (χ3v) is 4.07. The fourth-order valence-electron chi connectivity index (χ4n) is 1.76. The maximum atomic E-state index is 12.2. The van der Waals surface area contributed by atoms with Crippen LogP contribution in [0.3, 0.4) is 0 Å². The number of nitrogens with two attached hydrogens (primary N) is 1. The number of rotatable bonds is 6. The van der Waals surface area contributed by atoms with Gasteiger partial charge in [0.1, 0.15) is 17.4 Å². The first kappa shape index (κ1) is 19.1. The molecule has 1 amide bonds. The summed E-state index contributed by atoms with van der Waals surface area (Å²) in [6, 6.07) is 7.17. The first-order valence-electron chi connectivity index (χ1n) is 6.91. The molecule has 0 spiro atoms. The largest absolute Gasteiger partial charge is 0.489 e. The van der Waals surface area contributed by atoms with E-state index in [0.29, 0.717) is 17.9 Å². The van der Waals surface area contributed by atoms with Crippen LogP contribution in [0, 0.1) is 0 Å². The number of nitrogens with one attached hydrogen (secondary N) is 1. The molecule has 2 rings (SSSR count). The Hall–Kier alpha value is -2.28. The Labute approximate surface area is 159 Å². The van der Waals surface area contributed by atoms with E-state index in [9.17, 15) is 4.79 Å². The van der Waals surface area contributed by atoms with Gasteiger partial charge in [-0.25, -0.2) is 10.4 Å². The second-order valence-electron chi connectivity index (χ2n) is 4.63. The molecule has 0 aliphatic heterocycles. The molecule has 6 nitrogen and oxygen atoms in total. The van der Waals surface area contributed by atoms with Crippen molar-refractivity contribution in [1.29, 1.82) is 0 Å². The molecule has 0 unspecified atom stereocenters. The lowest BCUT2D eigenvalue weighted by molar-refractivity contribution is 0.0950. The van der Waals surface area contributed by atoms with Gasteiger partial charge in [-0.15, -0.1) is 0 Å². The van der Waals surface area contributed by atoms with Gasteiger partial charge in [0.25, 0.3) is 5.91 Å². The topological polar surface area (TPSA) is 89.6 Å². The fraction of sp³-hybridized carbons (Fsp3) is 0.0625. The van der Waals surface area contributed by atoms with E-state index in [1.165, 1.54) is 6.21 Å². The van der Waals surface area contributed by atoms with Gasteiger partial charge in [-0.2, -0.15) is 5.10 Å². The molecule has 0 radical (unpaired) electrons. The molecule has 0 bridgehead atoms. The van der Waals surface area contributed by atoms with E-state index in [2.05, 4.69) is 22.1 Å². The fourth-order valence-corrected chi connectivity index (χ4v) is 2.36. The molecule has 2 aromatic rings. The highest BCUT2D eigenvalue weighted by Crippen LogP contribution is 2.34. The highest BCUT2D eigenvalue weighted by atomic mass is 35.5. The van der Waals surface area contributed by atoms with E-state index in [1.54, 1.807) is 18.2 Å². The van der Waals surface area contributed by atoms with Gasteiger partial charge in [0.2, 0.25) is 0 Å². The summed E-state index contributed by atoms with van der Waals surface area (Å²) in [7, 11) is 0. The number of hydrazone groups is 1. The van der Waals surface area contributed by atoms with Crippen molar-refractivity contribution in [2.75, 3.05) is 12.3 Å². The molecular formula is C16H13Cl3N4O2. The second-order valence-corrected chi connectivity index (χ2v) is 5.74. The van der Waals surface area contributed by atoms with Gasteiger partial charge in [-0.05, 0) is 12.1 Å². The number of halogens is 3. The predicted molar refractivity (Wildman–Crippen MR) is 101 cm³/mol. The van der Waals surface area contributed by atoms with E-state index >= 15 is 0 Å². The minimum atomic E-state index is -0.684. The molecule has 3 N–H and O–H groups in total. The van der Waals surface area contributed by atoms with Crippen LogP contribution in [0.4, 0.5) is 5.69 Å². The third kappa shape index (κ3) is 4.63. The van der Waals surface area contributed by atoms with Gasteiger partial charge in [0.15, 0.2) is 10.8 Å². The lowest BCUT2D eigenvalue weighted by Gasteiger charge is -2.08. The Balaban J connectivity index is 2.16. The van der Waals surface area contributed by atoms with Crippen LogP contribution in [0.15, 0.2) is 42.0 Å². The molecule has 0 saturated heterocycles. The number of carbonyl (C=O) groups excluding carboxylic acids is 1. The van der Waals surface area contributed by atoms with Crippen molar-refractivity contribution in [2.24, 2.45) is 5.10 Å². The number of hydrogen-bond acceptors (Lipinski definition) is 5. The number of nitrogens with zero attached hydrogens (tertiary/aromatic N) is 2. The quantitative estimate of drug-likeness (QED) is 0.333. The van der Waals surface area contributed by atoms with Crippen molar-refractivity contribution >= 4 is 52.6 Å². The summed E-state index contributed by atoms with van der Waals surface area (Å²) in [6.45, 7) is 3.93. The Bertz CT molecular complexity index is 840. The maximum absolute atomic E-state index is 12.2. The molecule has 0 aliphatic rings. The number of anilines is 1. The SMILES string of the molecule is C=CCOc1ccccc1/C=N\NC(=O)c1nc(Cl)c(Cl)c(N)c1Cl. The molecule has 1 aromatic carbocycles. The molecule has 1 aromatic heterocycles. The van der Waals surface area contributed by atoms with Crippen molar-refractivity contribution < 1.29 is 9.53 Å². The number of para-hydroxylation sites is 1. The van der Waals surface area contributed by atoms with Crippen LogP contribution in [0.5, 0.6) is 5.75 Å². The monoisotopic (exact) mass is 398 g/mol. The van der Waals surface area contributed by atoms with E-state index in [-0.39, 0.29) is 26.6 Å². The zero-order chi connectivity index (χ0) is 18.4. The Morgan fingerprint density at radius 1 is 1.32 bits per heavy atom. The van der Waals surface area contributed by atoms with Crippen molar-refractivity contribution in [3.05, 3.63) is 63.4 Å². The predicted octanol–water partition coefficient (Wildman–Crippen LogP) is 3.95. The van der Waals surface area contributed by atoms with Gasteiger partial charge in [-0.1, -0.05) is 59.6 Å². The van der Waals surface area contributed by atoms with Gasteiger partial charge in [0.05, 0.1) is 16.9 Å². The molecular weight excluding hydrogens is 387 g/mol. The second kappa shape index (κ2) is 8.71. The summed E-state index contributed by atoms with van der Waals surface area (Å²) in [5, 5.41) is 3.63. The molecule has 0 fully saturated rings. The Morgan fingerprint density at radius 3 is 2.76 bits per heavy atom. The van der Waals surface area contributed by atoms with Crippen LogP contribution in [0.2, 0.25) is 15.2 Å². The number of nitrogen functional groups attached to an aromatic ring is 1. The van der Waals surface area contributed by atoms with E-state index in [1.807, 2.05) is 12.1 Å².